The first-order valence-corrected chi connectivity index (χ1v) is 6.46. The Morgan fingerprint density at radius 1 is 1.20 bits per heavy atom. The minimum Gasteiger partial charge on any atom is -0.490 e. The molecular formula is C15H16F2N2O. The Balaban J connectivity index is 2.04. The van der Waals surface area contributed by atoms with Crippen molar-refractivity contribution >= 4 is 5.82 Å². The number of nitrogens with one attached hydrogen (secondary N) is 1. The van der Waals surface area contributed by atoms with Crippen molar-refractivity contribution in [3.05, 3.63) is 53.7 Å². The molecule has 0 saturated heterocycles. The van der Waals surface area contributed by atoms with Crippen LogP contribution in [-0.4, -0.2) is 11.6 Å². The Morgan fingerprint density at radius 3 is 2.80 bits per heavy atom. The first-order valence-electron chi connectivity index (χ1n) is 6.46. The maximum Gasteiger partial charge on any atom is 0.169 e. The minimum atomic E-state index is -0.854. The lowest BCUT2D eigenvalue weighted by Gasteiger charge is -2.11. The van der Waals surface area contributed by atoms with Crippen LogP contribution in [0.1, 0.15) is 18.9 Å². The second-order valence-electron chi connectivity index (χ2n) is 4.30. The fourth-order valence-corrected chi connectivity index (χ4v) is 1.69. The molecule has 106 valence electrons. The third-order valence-corrected chi connectivity index (χ3v) is 2.68. The molecule has 5 heteroatoms. The van der Waals surface area contributed by atoms with Crippen LogP contribution in [0.25, 0.3) is 0 Å². The summed E-state index contributed by atoms with van der Waals surface area (Å²) in [5, 5.41) is 3.06. The van der Waals surface area contributed by atoms with Crippen molar-refractivity contribution < 1.29 is 13.5 Å². The maximum atomic E-state index is 13.1. The van der Waals surface area contributed by atoms with Crippen molar-refractivity contribution in [2.24, 2.45) is 0 Å². The van der Waals surface area contributed by atoms with Crippen molar-refractivity contribution in [3.63, 3.8) is 0 Å². The van der Waals surface area contributed by atoms with Gasteiger partial charge in [-0.05, 0) is 36.2 Å². The highest BCUT2D eigenvalue weighted by Gasteiger charge is 2.06. The minimum absolute atomic E-state index is 0.344. The largest absolute Gasteiger partial charge is 0.490 e. The van der Waals surface area contributed by atoms with Gasteiger partial charge in [0.25, 0.3) is 0 Å². The lowest BCUT2D eigenvalue weighted by atomic mass is 10.2. The van der Waals surface area contributed by atoms with E-state index in [1.807, 2.05) is 13.0 Å². The summed E-state index contributed by atoms with van der Waals surface area (Å²) in [4.78, 5) is 4.18. The van der Waals surface area contributed by atoms with E-state index in [2.05, 4.69) is 10.3 Å². The van der Waals surface area contributed by atoms with Gasteiger partial charge in [-0.3, -0.25) is 0 Å². The van der Waals surface area contributed by atoms with Crippen LogP contribution in [0.5, 0.6) is 5.75 Å². The van der Waals surface area contributed by atoms with Crippen LogP contribution in [0.3, 0.4) is 0 Å². The Bertz CT molecular complexity index is 576. The Kier molecular flexibility index (Phi) is 4.87. The van der Waals surface area contributed by atoms with Gasteiger partial charge < -0.3 is 10.1 Å². The molecular weight excluding hydrogens is 262 g/mol. The smallest absolute Gasteiger partial charge is 0.169 e. The second-order valence-corrected chi connectivity index (χ2v) is 4.30. The van der Waals surface area contributed by atoms with Crippen molar-refractivity contribution in [2.45, 2.75) is 19.9 Å². The van der Waals surface area contributed by atoms with Gasteiger partial charge in [-0.2, -0.15) is 0 Å². The fraction of sp³-hybridized carbons (Fsp3) is 0.267. The van der Waals surface area contributed by atoms with E-state index in [4.69, 9.17) is 4.74 Å². The third-order valence-electron chi connectivity index (χ3n) is 2.68. The summed E-state index contributed by atoms with van der Waals surface area (Å²) >= 11 is 0. The fourth-order valence-electron chi connectivity index (χ4n) is 1.69. The van der Waals surface area contributed by atoms with E-state index >= 15 is 0 Å². The summed E-state index contributed by atoms with van der Waals surface area (Å²) < 4.78 is 31.5. The van der Waals surface area contributed by atoms with Gasteiger partial charge in [0.05, 0.1) is 6.61 Å². The van der Waals surface area contributed by atoms with E-state index in [-0.39, 0.29) is 0 Å². The Hall–Kier alpha value is -2.17. The van der Waals surface area contributed by atoms with E-state index in [9.17, 15) is 8.78 Å². The molecule has 1 N–H and O–H groups in total. The third kappa shape index (κ3) is 3.66. The van der Waals surface area contributed by atoms with Crippen molar-refractivity contribution in [1.82, 2.24) is 4.98 Å². The summed E-state index contributed by atoms with van der Waals surface area (Å²) in [6.07, 6.45) is 2.55. The molecule has 0 bridgehead atoms. The van der Waals surface area contributed by atoms with Gasteiger partial charge >= 0.3 is 0 Å². The number of hydrogen-bond donors (Lipinski definition) is 1. The molecule has 20 heavy (non-hydrogen) atoms. The molecule has 0 aliphatic heterocycles. The highest BCUT2D eigenvalue weighted by molar-refractivity contribution is 5.49. The highest BCUT2D eigenvalue weighted by atomic mass is 19.2. The molecule has 0 saturated carbocycles. The zero-order valence-corrected chi connectivity index (χ0v) is 11.2. The number of hydrogen-bond acceptors (Lipinski definition) is 3. The molecule has 0 aliphatic rings. The van der Waals surface area contributed by atoms with Gasteiger partial charge in [0.15, 0.2) is 23.2 Å². The average Bonchev–Trinajstić information content (AvgIpc) is 2.47. The van der Waals surface area contributed by atoms with Crippen LogP contribution in [-0.2, 0) is 6.54 Å². The number of ether oxygens (including phenoxy) is 1. The zero-order valence-electron chi connectivity index (χ0n) is 11.2. The maximum absolute atomic E-state index is 13.1. The molecule has 1 aromatic heterocycles. The lowest BCUT2D eigenvalue weighted by molar-refractivity contribution is 0.318. The highest BCUT2D eigenvalue weighted by Crippen LogP contribution is 2.22. The molecule has 0 fully saturated rings. The predicted octanol–water partition coefficient (Wildman–Crippen LogP) is 3.76. The SMILES string of the molecule is CCCOc1cccnc1NCc1ccc(F)c(F)c1. The molecule has 2 aromatic rings. The summed E-state index contributed by atoms with van der Waals surface area (Å²) in [6, 6.07) is 7.40. The van der Waals surface area contributed by atoms with Crippen LogP contribution in [0.4, 0.5) is 14.6 Å². The predicted molar refractivity (Wildman–Crippen MR) is 73.7 cm³/mol. The molecule has 2 rings (SSSR count). The van der Waals surface area contributed by atoms with Crippen LogP contribution in [0, 0.1) is 11.6 Å². The normalized spacial score (nSPS) is 10.3. The van der Waals surface area contributed by atoms with E-state index in [0.29, 0.717) is 30.3 Å². The van der Waals surface area contributed by atoms with E-state index in [1.54, 1.807) is 12.3 Å². The first kappa shape index (κ1) is 14.2. The van der Waals surface area contributed by atoms with Crippen molar-refractivity contribution in [2.75, 3.05) is 11.9 Å². The zero-order chi connectivity index (χ0) is 14.4. The molecule has 0 radical (unpaired) electrons. The van der Waals surface area contributed by atoms with Gasteiger partial charge in [-0.1, -0.05) is 13.0 Å². The number of anilines is 1. The van der Waals surface area contributed by atoms with E-state index in [0.717, 1.165) is 18.6 Å². The van der Waals surface area contributed by atoms with Crippen LogP contribution >= 0.6 is 0 Å². The van der Waals surface area contributed by atoms with Crippen LogP contribution in [0.2, 0.25) is 0 Å². The van der Waals surface area contributed by atoms with E-state index < -0.39 is 11.6 Å². The second kappa shape index (κ2) is 6.84. The molecule has 3 nitrogen and oxygen atoms in total. The molecule has 0 spiro atoms. The van der Waals surface area contributed by atoms with Crippen LogP contribution in [0.15, 0.2) is 36.5 Å². The number of benzene rings is 1. The van der Waals surface area contributed by atoms with Gasteiger partial charge in [0, 0.05) is 12.7 Å². The molecule has 1 heterocycles. The van der Waals surface area contributed by atoms with Gasteiger partial charge in [-0.15, -0.1) is 0 Å². The van der Waals surface area contributed by atoms with Crippen molar-refractivity contribution in [3.8, 4) is 5.75 Å². The molecule has 0 amide bonds. The van der Waals surface area contributed by atoms with Gasteiger partial charge in [-0.25, -0.2) is 13.8 Å². The van der Waals surface area contributed by atoms with Gasteiger partial charge in [0.2, 0.25) is 0 Å². The molecule has 0 aliphatic carbocycles. The monoisotopic (exact) mass is 278 g/mol. The topological polar surface area (TPSA) is 34.1 Å². The summed E-state index contributed by atoms with van der Waals surface area (Å²) in [6.45, 7) is 2.97. The standard InChI is InChI=1S/C15H16F2N2O/c1-2-8-20-14-4-3-7-18-15(14)19-10-11-5-6-12(16)13(17)9-11/h3-7,9H,2,8,10H2,1H3,(H,18,19). The van der Waals surface area contributed by atoms with Crippen molar-refractivity contribution in [1.29, 1.82) is 0 Å². The summed E-state index contributed by atoms with van der Waals surface area (Å²) in [5.41, 5.74) is 0.635. The van der Waals surface area contributed by atoms with Crippen LogP contribution < -0.4 is 10.1 Å². The molecule has 0 unspecified atom stereocenters. The number of halogens is 2. The number of nitrogens with zero attached hydrogens (tertiary/aromatic N) is 1. The molecule has 0 atom stereocenters. The number of aromatic nitrogens is 1. The van der Waals surface area contributed by atoms with E-state index in [1.165, 1.54) is 6.07 Å². The summed E-state index contributed by atoms with van der Waals surface area (Å²) in [7, 11) is 0. The first-order chi connectivity index (χ1) is 9.70. The number of rotatable bonds is 6. The van der Waals surface area contributed by atoms with Gasteiger partial charge in [0.1, 0.15) is 0 Å². The summed E-state index contributed by atoms with van der Waals surface area (Å²) in [5.74, 6) is -0.464. The quantitative estimate of drug-likeness (QED) is 0.873. The number of pyridine rings is 1. The average molecular weight is 278 g/mol. The lowest BCUT2D eigenvalue weighted by Crippen LogP contribution is -2.05. The molecule has 1 aromatic carbocycles. The Labute approximate surface area is 116 Å². The Morgan fingerprint density at radius 2 is 2.05 bits per heavy atom.